The van der Waals surface area contributed by atoms with E-state index in [4.69, 9.17) is 0 Å². The minimum absolute atomic E-state index is 0.00792. The maximum atomic E-state index is 11.5. The molecule has 0 aliphatic carbocycles. The van der Waals surface area contributed by atoms with Crippen LogP contribution < -0.4 is 10.6 Å². The van der Waals surface area contributed by atoms with Crippen molar-refractivity contribution in [1.82, 2.24) is 10.6 Å². The Hall–Kier alpha value is -1.59. The minimum Gasteiger partial charge on any atom is -0.469 e. The summed E-state index contributed by atoms with van der Waals surface area (Å²) in [5.41, 5.74) is 0. The molecule has 0 saturated heterocycles. The molecule has 6 heteroatoms. The first-order valence-electron chi connectivity index (χ1n) is 7.70. The zero-order valence-electron chi connectivity index (χ0n) is 13.2. The maximum absolute atomic E-state index is 11.5. The lowest BCUT2D eigenvalue weighted by Gasteiger charge is -2.06. The lowest BCUT2D eigenvalue weighted by atomic mass is 10.1. The van der Waals surface area contributed by atoms with Gasteiger partial charge in [0.25, 0.3) is 0 Å². The molecule has 0 fully saturated rings. The third kappa shape index (κ3) is 13.2. The van der Waals surface area contributed by atoms with Gasteiger partial charge in [0.1, 0.15) is 0 Å². The van der Waals surface area contributed by atoms with E-state index in [-0.39, 0.29) is 30.7 Å². The Bertz CT molecular complexity index is 319. The number of methoxy groups -OCH3 is 1. The normalized spacial score (nSPS) is 10.0. The van der Waals surface area contributed by atoms with E-state index in [1.165, 1.54) is 20.0 Å². The van der Waals surface area contributed by atoms with Crippen LogP contribution in [0, 0.1) is 0 Å². The van der Waals surface area contributed by atoms with Crippen LogP contribution in [0.3, 0.4) is 0 Å². The topological polar surface area (TPSA) is 84.5 Å². The van der Waals surface area contributed by atoms with E-state index in [1.54, 1.807) is 0 Å². The molecular weight excluding hydrogens is 272 g/mol. The van der Waals surface area contributed by atoms with E-state index in [2.05, 4.69) is 22.3 Å². The Labute approximate surface area is 127 Å². The number of carbonyl (C=O) groups is 3. The van der Waals surface area contributed by atoms with Crippen molar-refractivity contribution in [2.45, 2.75) is 58.3 Å². The summed E-state index contributed by atoms with van der Waals surface area (Å²) in [4.78, 5) is 33.8. The monoisotopic (exact) mass is 300 g/mol. The smallest absolute Gasteiger partial charge is 0.305 e. The number of carbonyl (C=O) groups excluding carboxylic acids is 3. The zero-order chi connectivity index (χ0) is 15.9. The summed E-state index contributed by atoms with van der Waals surface area (Å²) in [6.45, 7) is 2.54. The highest BCUT2D eigenvalue weighted by molar-refractivity contribution is 5.84. The Kier molecular flexibility index (Phi) is 12.4. The van der Waals surface area contributed by atoms with Crippen molar-refractivity contribution in [2.24, 2.45) is 0 Å². The number of esters is 1. The standard InChI is InChI=1S/C15H28N2O4/c1-3-4-5-6-7-9-13(18)17-12-14(19)16-11-8-10-15(20)21-2/h3-12H2,1-2H3,(H,16,19)(H,17,18). The van der Waals surface area contributed by atoms with Crippen molar-refractivity contribution in [3.63, 3.8) is 0 Å². The number of amides is 2. The number of rotatable bonds is 12. The fourth-order valence-electron chi connectivity index (χ4n) is 1.78. The second kappa shape index (κ2) is 13.4. The molecule has 0 aromatic carbocycles. The van der Waals surface area contributed by atoms with Crippen molar-refractivity contribution in [3.8, 4) is 0 Å². The number of ether oxygens (including phenoxy) is 1. The van der Waals surface area contributed by atoms with Crippen LogP contribution in [-0.2, 0) is 19.1 Å². The van der Waals surface area contributed by atoms with E-state index in [1.807, 2.05) is 0 Å². The van der Waals surface area contributed by atoms with Crippen molar-refractivity contribution >= 4 is 17.8 Å². The average Bonchev–Trinajstić information content (AvgIpc) is 2.49. The summed E-state index contributed by atoms with van der Waals surface area (Å²) < 4.78 is 4.49. The third-order valence-electron chi connectivity index (χ3n) is 3.06. The molecule has 21 heavy (non-hydrogen) atoms. The lowest BCUT2D eigenvalue weighted by Crippen LogP contribution is -2.37. The van der Waals surface area contributed by atoms with E-state index >= 15 is 0 Å². The van der Waals surface area contributed by atoms with Crippen molar-refractivity contribution in [1.29, 1.82) is 0 Å². The molecule has 0 bridgehead atoms. The Morgan fingerprint density at radius 3 is 2.24 bits per heavy atom. The predicted octanol–water partition coefficient (Wildman–Crippen LogP) is 1.53. The van der Waals surface area contributed by atoms with Crippen molar-refractivity contribution in [3.05, 3.63) is 0 Å². The van der Waals surface area contributed by atoms with Gasteiger partial charge >= 0.3 is 5.97 Å². The van der Waals surface area contributed by atoms with E-state index in [0.29, 0.717) is 19.4 Å². The van der Waals surface area contributed by atoms with Gasteiger partial charge < -0.3 is 15.4 Å². The predicted molar refractivity (Wildman–Crippen MR) is 80.6 cm³/mol. The number of nitrogens with one attached hydrogen (secondary N) is 2. The molecule has 2 amide bonds. The maximum Gasteiger partial charge on any atom is 0.305 e. The molecular formula is C15H28N2O4. The van der Waals surface area contributed by atoms with Crippen LogP contribution in [0.25, 0.3) is 0 Å². The van der Waals surface area contributed by atoms with Crippen LogP contribution in [0.5, 0.6) is 0 Å². The number of hydrogen-bond acceptors (Lipinski definition) is 4. The second-order valence-corrected chi connectivity index (χ2v) is 4.97. The summed E-state index contributed by atoms with van der Waals surface area (Å²) in [6, 6.07) is 0. The Morgan fingerprint density at radius 1 is 0.857 bits per heavy atom. The summed E-state index contributed by atoms with van der Waals surface area (Å²) in [5, 5.41) is 5.23. The van der Waals surface area contributed by atoms with Crippen molar-refractivity contribution in [2.75, 3.05) is 20.2 Å². The molecule has 0 aromatic rings. The molecule has 0 aromatic heterocycles. The van der Waals surface area contributed by atoms with Gasteiger partial charge in [-0.1, -0.05) is 32.6 Å². The van der Waals surface area contributed by atoms with E-state index in [9.17, 15) is 14.4 Å². The van der Waals surface area contributed by atoms with Crippen LogP contribution in [0.15, 0.2) is 0 Å². The molecule has 0 spiro atoms. The molecule has 0 radical (unpaired) electrons. The fourth-order valence-corrected chi connectivity index (χ4v) is 1.78. The molecule has 0 aliphatic heterocycles. The third-order valence-corrected chi connectivity index (χ3v) is 3.06. The second-order valence-electron chi connectivity index (χ2n) is 4.97. The molecule has 0 heterocycles. The number of unbranched alkanes of at least 4 members (excludes halogenated alkanes) is 4. The van der Waals surface area contributed by atoms with Crippen LogP contribution in [-0.4, -0.2) is 38.0 Å². The Morgan fingerprint density at radius 2 is 1.57 bits per heavy atom. The molecule has 122 valence electrons. The summed E-state index contributed by atoms with van der Waals surface area (Å²) in [6.07, 6.45) is 6.75. The first-order chi connectivity index (χ1) is 10.1. The zero-order valence-corrected chi connectivity index (χ0v) is 13.2. The van der Waals surface area contributed by atoms with Gasteiger partial charge in [0, 0.05) is 19.4 Å². The lowest BCUT2D eigenvalue weighted by molar-refractivity contribution is -0.140. The van der Waals surface area contributed by atoms with Crippen molar-refractivity contribution < 1.29 is 19.1 Å². The molecule has 6 nitrogen and oxygen atoms in total. The van der Waals surface area contributed by atoms with Gasteiger partial charge in [-0.15, -0.1) is 0 Å². The highest BCUT2D eigenvalue weighted by Crippen LogP contribution is 2.04. The van der Waals surface area contributed by atoms with Gasteiger partial charge in [-0.25, -0.2) is 0 Å². The van der Waals surface area contributed by atoms with Crippen LogP contribution in [0.4, 0.5) is 0 Å². The molecule has 0 aliphatic rings. The van der Waals surface area contributed by atoms with Gasteiger partial charge in [0.05, 0.1) is 13.7 Å². The molecule has 0 unspecified atom stereocenters. The first kappa shape index (κ1) is 19.4. The van der Waals surface area contributed by atoms with Gasteiger partial charge in [0.15, 0.2) is 0 Å². The van der Waals surface area contributed by atoms with Gasteiger partial charge in [-0.3, -0.25) is 14.4 Å². The van der Waals surface area contributed by atoms with Gasteiger partial charge in [0.2, 0.25) is 11.8 Å². The quantitative estimate of drug-likeness (QED) is 0.423. The summed E-state index contributed by atoms with van der Waals surface area (Å²) in [5.74, 6) is -0.615. The largest absolute Gasteiger partial charge is 0.469 e. The summed E-state index contributed by atoms with van der Waals surface area (Å²) >= 11 is 0. The molecule has 0 rings (SSSR count). The summed E-state index contributed by atoms with van der Waals surface area (Å²) in [7, 11) is 1.33. The average molecular weight is 300 g/mol. The Balaban J connectivity index is 3.46. The van der Waals surface area contributed by atoms with Gasteiger partial charge in [-0.2, -0.15) is 0 Å². The molecule has 2 N–H and O–H groups in total. The highest BCUT2D eigenvalue weighted by Gasteiger charge is 2.05. The fraction of sp³-hybridized carbons (Fsp3) is 0.800. The minimum atomic E-state index is -0.291. The first-order valence-corrected chi connectivity index (χ1v) is 7.70. The SMILES string of the molecule is CCCCCCCC(=O)NCC(=O)NCCCC(=O)OC. The van der Waals surface area contributed by atoms with E-state index < -0.39 is 0 Å². The van der Waals surface area contributed by atoms with Crippen LogP contribution >= 0.6 is 0 Å². The van der Waals surface area contributed by atoms with Crippen LogP contribution in [0.2, 0.25) is 0 Å². The molecule has 0 atom stereocenters. The molecule has 0 saturated carbocycles. The van der Waals surface area contributed by atoms with Crippen LogP contribution in [0.1, 0.15) is 58.3 Å². The highest BCUT2D eigenvalue weighted by atomic mass is 16.5. The number of hydrogen-bond donors (Lipinski definition) is 2. The van der Waals surface area contributed by atoms with Gasteiger partial charge in [-0.05, 0) is 12.8 Å². The van der Waals surface area contributed by atoms with E-state index in [0.717, 1.165) is 19.3 Å².